The van der Waals surface area contributed by atoms with Crippen molar-refractivity contribution in [1.82, 2.24) is 9.78 Å². The van der Waals surface area contributed by atoms with Crippen LogP contribution >= 0.6 is 0 Å². The van der Waals surface area contributed by atoms with Crippen molar-refractivity contribution in [3.63, 3.8) is 0 Å². The molecule has 0 amide bonds. The fraction of sp³-hybridized carbons (Fsp3) is 0.375. The van der Waals surface area contributed by atoms with Gasteiger partial charge in [-0.1, -0.05) is 18.2 Å². The summed E-state index contributed by atoms with van der Waals surface area (Å²) in [6, 6.07) is 5.23. The second-order valence-electron chi connectivity index (χ2n) is 5.80. The molecule has 1 aliphatic heterocycles. The fourth-order valence-corrected chi connectivity index (χ4v) is 2.84. The van der Waals surface area contributed by atoms with Crippen molar-refractivity contribution < 1.29 is 13.2 Å². The Morgan fingerprint density at radius 1 is 1.30 bits per heavy atom. The second-order valence-corrected chi connectivity index (χ2v) is 5.80. The number of aryl methyl sites for hydroxylation is 2. The van der Waals surface area contributed by atoms with Gasteiger partial charge in [-0.15, -0.1) is 0 Å². The molecule has 7 heteroatoms. The normalized spacial score (nSPS) is 20.5. The minimum atomic E-state index is -4.42. The van der Waals surface area contributed by atoms with Crippen molar-refractivity contribution in [3.8, 4) is 6.07 Å². The van der Waals surface area contributed by atoms with Crippen LogP contribution in [0.15, 0.2) is 24.4 Å². The molecule has 2 heterocycles. The third kappa shape index (κ3) is 2.65. The van der Waals surface area contributed by atoms with Gasteiger partial charge in [-0.25, -0.2) is 4.68 Å². The molecule has 1 aromatic heterocycles. The minimum Gasteiger partial charge on any atom is -0.362 e. The van der Waals surface area contributed by atoms with Gasteiger partial charge in [0.05, 0.1) is 12.2 Å². The number of nitrogens with zero attached hydrogens (tertiary/aromatic N) is 3. The summed E-state index contributed by atoms with van der Waals surface area (Å²) in [5.74, 6) is 0.129. The van der Waals surface area contributed by atoms with E-state index < -0.39 is 18.3 Å². The third-order valence-corrected chi connectivity index (χ3v) is 4.29. The van der Waals surface area contributed by atoms with Crippen LogP contribution in [0.2, 0.25) is 0 Å². The first kappa shape index (κ1) is 15.4. The predicted molar refractivity (Wildman–Crippen MR) is 78.9 cm³/mol. The van der Waals surface area contributed by atoms with Crippen LogP contribution in [0.3, 0.4) is 0 Å². The van der Waals surface area contributed by atoms with Crippen LogP contribution < -0.4 is 5.32 Å². The zero-order valence-corrected chi connectivity index (χ0v) is 12.6. The number of alkyl halides is 3. The average Bonchev–Trinajstić information content (AvgIpc) is 2.91. The van der Waals surface area contributed by atoms with Gasteiger partial charge >= 0.3 is 6.18 Å². The number of nitriles is 1. The summed E-state index contributed by atoms with van der Waals surface area (Å²) in [6.45, 7) is 3.88. The Bertz CT molecular complexity index is 786. The maximum atomic E-state index is 13.4. The number of fused-ring (bicyclic) bond motifs is 1. The van der Waals surface area contributed by atoms with E-state index in [0.717, 1.165) is 21.4 Å². The molecule has 1 aliphatic rings. The molecule has 1 N–H and O–H groups in total. The van der Waals surface area contributed by atoms with Gasteiger partial charge in [0.1, 0.15) is 17.5 Å². The molecule has 0 saturated carbocycles. The van der Waals surface area contributed by atoms with Crippen LogP contribution in [0.4, 0.5) is 19.0 Å². The summed E-state index contributed by atoms with van der Waals surface area (Å²) >= 11 is 0. The average molecular weight is 320 g/mol. The van der Waals surface area contributed by atoms with E-state index >= 15 is 0 Å². The number of hydrogen-bond donors (Lipinski definition) is 1. The van der Waals surface area contributed by atoms with E-state index in [4.69, 9.17) is 5.26 Å². The van der Waals surface area contributed by atoms with Gasteiger partial charge in [0, 0.05) is 6.42 Å². The molecule has 23 heavy (non-hydrogen) atoms. The molecule has 0 radical (unpaired) electrons. The van der Waals surface area contributed by atoms with E-state index in [1.54, 1.807) is 0 Å². The van der Waals surface area contributed by atoms with E-state index in [1.807, 2.05) is 38.1 Å². The second kappa shape index (κ2) is 5.30. The number of anilines is 1. The van der Waals surface area contributed by atoms with Crippen LogP contribution in [-0.4, -0.2) is 16.0 Å². The summed E-state index contributed by atoms with van der Waals surface area (Å²) in [5, 5.41) is 15.9. The van der Waals surface area contributed by atoms with Crippen LogP contribution in [0.5, 0.6) is 0 Å². The van der Waals surface area contributed by atoms with Gasteiger partial charge in [0.2, 0.25) is 0 Å². The summed E-state index contributed by atoms with van der Waals surface area (Å²) in [5.41, 5.74) is 3.00. The Labute approximate surface area is 131 Å². The highest BCUT2D eigenvalue weighted by Crippen LogP contribution is 2.44. The van der Waals surface area contributed by atoms with Gasteiger partial charge < -0.3 is 5.32 Å². The number of rotatable bonds is 1. The smallest absolute Gasteiger partial charge is 0.362 e. The monoisotopic (exact) mass is 320 g/mol. The minimum absolute atomic E-state index is 0.118. The Balaban J connectivity index is 2.05. The van der Waals surface area contributed by atoms with Crippen LogP contribution in [-0.2, 0) is 0 Å². The van der Waals surface area contributed by atoms with Gasteiger partial charge in [-0.05, 0) is 30.5 Å². The van der Waals surface area contributed by atoms with Crippen LogP contribution in [0.1, 0.15) is 40.8 Å². The summed E-state index contributed by atoms with van der Waals surface area (Å²) in [4.78, 5) is 0. The Morgan fingerprint density at radius 3 is 2.65 bits per heavy atom. The topological polar surface area (TPSA) is 53.6 Å². The first-order valence-corrected chi connectivity index (χ1v) is 7.19. The standard InChI is InChI=1S/C16H15F3N4/c1-9-3-4-11(5-10(9)2)13-6-14(16(17,18)19)23-15(22-13)12(7-20)8-21-23/h3-5,8,13-14,22H,6H2,1-2H3/t13-,14+/m0/s1. The van der Waals surface area contributed by atoms with Gasteiger partial charge in [-0.2, -0.15) is 23.5 Å². The van der Waals surface area contributed by atoms with Crippen molar-refractivity contribution >= 4 is 5.82 Å². The highest BCUT2D eigenvalue weighted by Gasteiger charge is 2.46. The van der Waals surface area contributed by atoms with Gasteiger partial charge in [-0.3, -0.25) is 0 Å². The Hall–Kier alpha value is -2.49. The van der Waals surface area contributed by atoms with Crippen molar-refractivity contribution in [2.75, 3.05) is 5.32 Å². The molecule has 0 bridgehead atoms. The first-order valence-electron chi connectivity index (χ1n) is 7.19. The molecule has 0 aliphatic carbocycles. The van der Waals surface area contributed by atoms with Crippen LogP contribution in [0.25, 0.3) is 0 Å². The Morgan fingerprint density at radius 2 is 2.04 bits per heavy atom. The molecule has 0 unspecified atom stereocenters. The molecule has 3 rings (SSSR count). The van der Waals surface area contributed by atoms with Crippen molar-refractivity contribution in [1.29, 1.82) is 5.26 Å². The van der Waals surface area contributed by atoms with E-state index in [1.165, 1.54) is 6.20 Å². The van der Waals surface area contributed by atoms with Crippen LogP contribution in [0, 0.1) is 25.2 Å². The van der Waals surface area contributed by atoms with E-state index in [0.29, 0.717) is 0 Å². The largest absolute Gasteiger partial charge is 0.410 e. The quantitative estimate of drug-likeness (QED) is 0.863. The molecule has 4 nitrogen and oxygen atoms in total. The van der Waals surface area contributed by atoms with E-state index in [2.05, 4.69) is 10.4 Å². The highest BCUT2D eigenvalue weighted by atomic mass is 19.4. The number of nitrogens with one attached hydrogen (secondary N) is 1. The molecular weight excluding hydrogens is 305 g/mol. The van der Waals surface area contributed by atoms with E-state index in [-0.39, 0.29) is 17.8 Å². The summed E-state index contributed by atoms with van der Waals surface area (Å²) in [6.07, 6.45) is -3.41. The zero-order valence-electron chi connectivity index (χ0n) is 12.6. The van der Waals surface area contributed by atoms with Crippen molar-refractivity contribution in [3.05, 3.63) is 46.6 Å². The molecule has 2 atom stereocenters. The molecular formula is C16H15F3N4. The highest BCUT2D eigenvalue weighted by molar-refractivity contribution is 5.55. The zero-order chi connectivity index (χ0) is 16.8. The van der Waals surface area contributed by atoms with Gasteiger partial charge in [0.25, 0.3) is 0 Å². The maximum Gasteiger partial charge on any atom is 0.410 e. The van der Waals surface area contributed by atoms with Crippen molar-refractivity contribution in [2.24, 2.45) is 0 Å². The SMILES string of the molecule is Cc1ccc([C@@H]2C[C@H](C(F)(F)F)n3ncc(C#N)c3N2)cc1C. The lowest BCUT2D eigenvalue weighted by Crippen LogP contribution is -2.35. The predicted octanol–water partition coefficient (Wildman–Crippen LogP) is 4.03. The van der Waals surface area contributed by atoms with Crippen molar-refractivity contribution in [2.45, 2.75) is 38.5 Å². The van der Waals surface area contributed by atoms with Gasteiger partial charge in [0.15, 0.2) is 6.04 Å². The molecule has 0 spiro atoms. The summed E-state index contributed by atoms with van der Waals surface area (Å²) < 4.78 is 41.1. The molecule has 120 valence electrons. The molecule has 2 aromatic rings. The molecule has 1 aromatic carbocycles. The van der Waals surface area contributed by atoms with E-state index in [9.17, 15) is 13.2 Å². The number of hydrogen-bond acceptors (Lipinski definition) is 3. The molecule has 0 saturated heterocycles. The number of benzene rings is 1. The molecule has 0 fully saturated rings. The fourth-order valence-electron chi connectivity index (χ4n) is 2.84. The first-order chi connectivity index (χ1) is 10.8. The third-order valence-electron chi connectivity index (χ3n) is 4.29. The number of aromatic nitrogens is 2. The lowest BCUT2D eigenvalue weighted by Gasteiger charge is -2.33. The summed E-state index contributed by atoms with van der Waals surface area (Å²) in [7, 11) is 0. The maximum absolute atomic E-state index is 13.4. The lowest BCUT2D eigenvalue weighted by molar-refractivity contribution is -0.173. The number of halogens is 3. The lowest BCUT2D eigenvalue weighted by atomic mass is 9.94. The Kier molecular flexibility index (Phi) is 3.55.